The Kier molecular flexibility index (Phi) is 6.52. The summed E-state index contributed by atoms with van der Waals surface area (Å²) < 4.78 is 2.00. The summed E-state index contributed by atoms with van der Waals surface area (Å²) in [6.45, 7) is 2.85. The van der Waals surface area contributed by atoms with Crippen LogP contribution in [0.15, 0.2) is 49.2 Å². The fourth-order valence-electron chi connectivity index (χ4n) is 4.26. The molecular formula is C23H29N5O. The Morgan fingerprint density at radius 2 is 1.90 bits per heavy atom. The fraction of sp³-hybridized carbons (Fsp3) is 0.435. The Morgan fingerprint density at radius 3 is 2.72 bits per heavy atom. The first-order valence-electron chi connectivity index (χ1n) is 10.6. The number of nitrogens with one attached hydrogen (secondary N) is 2. The van der Waals surface area contributed by atoms with E-state index in [0.717, 1.165) is 41.0 Å². The average molecular weight is 392 g/mol. The molecule has 6 heteroatoms. The van der Waals surface area contributed by atoms with E-state index in [2.05, 4.69) is 26.7 Å². The van der Waals surface area contributed by atoms with Crippen molar-refractivity contribution in [3.63, 3.8) is 0 Å². The van der Waals surface area contributed by atoms with Crippen molar-refractivity contribution in [2.75, 3.05) is 19.6 Å². The number of nitrogens with zero attached hydrogens (tertiary/aromatic N) is 3. The Hall–Kier alpha value is -2.73. The second kappa shape index (κ2) is 9.65. The number of para-hydroxylation sites is 1. The van der Waals surface area contributed by atoms with E-state index in [1.807, 2.05) is 29.0 Å². The van der Waals surface area contributed by atoms with E-state index in [1.165, 1.54) is 38.4 Å². The monoisotopic (exact) mass is 391 g/mol. The van der Waals surface area contributed by atoms with E-state index in [-0.39, 0.29) is 5.91 Å². The highest BCUT2D eigenvalue weighted by molar-refractivity contribution is 5.95. The molecule has 3 aromatic rings. The van der Waals surface area contributed by atoms with Gasteiger partial charge < -0.3 is 15.2 Å². The van der Waals surface area contributed by atoms with Gasteiger partial charge in [0, 0.05) is 48.2 Å². The second-order valence-corrected chi connectivity index (χ2v) is 7.87. The minimum Gasteiger partial charge on any atom is -0.353 e. The third kappa shape index (κ3) is 5.01. The number of fused-ring (bicyclic) bond motifs is 1. The standard InChI is InChI=1S/C23H29N5O/c29-22(27-11-10-24-13-18-5-2-1-3-6-18)16-28-12-9-19-7-4-8-21(23(19)28)20-14-25-17-26-15-20/h4,7-9,12,14-15,17-18,24H,1-3,5-6,10-11,13,16H2,(H,27,29). The molecule has 2 N–H and O–H groups in total. The summed E-state index contributed by atoms with van der Waals surface area (Å²) in [6, 6.07) is 8.17. The number of carbonyl (C=O) groups excluding carboxylic acids is 1. The lowest BCUT2D eigenvalue weighted by Gasteiger charge is -2.21. The van der Waals surface area contributed by atoms with Crippen LogP contribution in [0.3, 0.4) is 0 Å². The number of carbonyl (C=O) groups is 1. The van der Waals surface area contributed by atoms with Crippen LogP contribution >= 0.6 is 0 Å². The predicted molar refractivity (Wildman–Crippen MR) is 115 cm³/mol. The zero-order valence-corrected chi connectivity index (χ0v) is 16.8. The van der Waals surface area contributed by atoms with Crippen LogP contribution in [0.2, 0.25) is 0 Å². The largest absolute Gasteiger partial charge is 0.353 e. The molecule has 0 saturated heterocycles. The molecule has 0 bridgehead atoms. The topological polar surface area (TPSA) is 71.8 Å². The fourth-order valence-corrected chi connectivity index (χ4v) is 4.26. The minimum atomic E-state index is 0.0288. The molecule has 1 fully saturated rings. The normalized spacial score (nSPS) is 14.9. The van der Waals surface area contributed by atoms with Crippen molar-refractivity contribution in [1.82, 2.24) is 25.2 Å². The van der Waals surface area contributed by atoms with Crippen molar-refractivity contribution in [2.24, 2.45) is 5.92 Å². The highest BCUT2D eigenvalue weighted by Gasteiger charge is 2.13. The molecule has 0 atom stereocenters. The van der Waals surface area contributed by atoms with Crippen LogP contribution < -0.4 is 10.6 Å². The van der Waals surface area contributed by atoms with Gasteiger partial charge in [0.05, 0.1) is 5.52 Å². The lowest BCUT2D eigenvalue weighted by Crippen LogP contribution is -2.35. The first-order valence-corrected chi connectivity index (χ1v) is 10.6. The first kappa shape index (κ1) is 19.6. The van der Waals surface area contributed by atoms with Gasteiger partial charge in [0.2, 0.25) is 5.91 Å². The van der Waals surface area contributed by atoms with Crippen LogP contribution in [0.4, 0.5) is 0 Å². The van der Waals surface area contributed by atoms with Gasteiger partial charge in [-0.3, -0.25) is 4.79 Å². The molecule has 2 aromatic heterocycles. The van der Waals surface area contributed by atoms with Crippen LogP contribution in [0, 0.1) is 5.92 Å². The summed E-state index contributed by atoms with van der Waals surface area (Å²) in [6.07, 6.45) is 13.9. The molecule has 1 aromatic carbocycles. The van der Waals surface area contributed by atoms with Gasteiger partial charge in [0.25, 0.3) is 0 Å². The summed E-state index contributed by atoms with van der Waals surface area (Å²) in [5, 5.41) is 7.63. The number of amides is 1. The third-order valence-corrected chi connectivity index (χ3v) is 5.76. The summed E-state index contributed by atoms with van der Waals surface area (Å²) in [5.74, 6) is 0.840. The van der Waals surface area contributed by atoms with E-state index in [0.29, 0.717) is 13.1 Å². The van der Waals surface area contributed by atoms with E-state index >= 15 is 0 Å². The molecule has 1 saturated carbocycles. The van der Waals surface area contributed by atoms with Crippen molar-refractivity contribution in [3.05, 3.63) is 49.2 Å². The SMILES string of the molecule is O=C(Cn1ccc2cccc(-c3cncnc3)c21)NCCNCC1CCCCC1. The predicted octanol–water partition coefficient (Wildman–Crippen LogP) is 3.38. The number of aromatic nitrogens is 3. The highest BCUT2D eigenvalue weighted by atomic mass is 16.1. The summed E-state index contributed by atoms with van der Waals surface area (Å²) in [4.78, 5) is 20.7. The molecule has 0 aliphatic heterocycles. The third-order valence-electron chi connectivity index (χ3n) is 5.76. The average Bonchev–Trinajstić information content (AvgIpc) is 3.18. The molecule has 152 valence electrons. The van der Waals surface area contributed by atoms with Gasteiger partial charge in [-0.1, -0.05) is 37.5 Å². The van der Waals surface area contributed by atoms with Crippen molar-refractivity contribution >= 4 is 16.8 Å². The number of benzene rings is 1. The maximum atomic E-state index is 12.5. The van der Waals surface area contributed by atoms with Crippen molar-refractivity contribution in [2.45, 2.75) is 38.6 Å². The van der Waals surface area contributed by atoms with E-state index in [1.54, 1.807) is 12.4 Å². The maximum absolute atomic E-state index is 12.5. The van der Waals surface area contributed by atoms with Crippen LogP contribution in [0.5, 0.6) is 0 Å². The second-order valence-electron chi connectivity index (χ2n) is 7.87. The van der Waals surface area contributed by atoms with Crippen molar-refractivity contribution in [1.29, 1.82) is 0 Å². The molecule has 1 aliphatic carbocycles. The van der Waals surface area contributed by atoms with Crippen molar-refractivity contribution in [3.8, 4) is 11.1 Å². The molecule has 29 heavy (non-hydrogen) atoms. The number of hydrogen-bond acceptors (Lipinski definition) is 4. The van der Waals surface area contributed by atoms with Crippen LogP contribution in [0.25, 0.3) is 22.0 Å². The highest BCUT2D eigenvalue weighted by Crippen LogP contribution is 2.28. The molecular weight excluding hydrogens is 362 g/mol. The summed E-state index contributed by atoms with van der Waals surface area (Å²) in [7, 11) is 0. The van der Waals surface area contributed by atoms with E-state index in [4.69, 9.17) is 0 Å². The molecule has 1 amide bonds. The zero-order chi connectivity index (χ0) is 19.9. The van der Waals surface area contributed by atoms with Gasteiger partial charge in [-0.2, -0.15) is 0 Å². The molecule has 4 rings (SSSR count). The lowest BCUT2D eigenvalue weighted by atomic mass is 9.89. The van der Waals surface area contributed by atoms with Crippen LogP contribution in [0.1, 0.15) is 32.1 Å². The van der Waals surface area contributed by atoms with Gasteiger partial charge in [-0.25, -0.2) is 9.97 Å². The Morgan fingerprint density at radius 1 is 1.07 bits per heavy atom. The summed E-state index contributed by atoms with van der Waals surface area (Å²) in [5.41, 5.74) is 3.02. The molecule has 0 spiro atoms. The van der Waals surface area contributed by atoms with Gasteiger partial charge in [0.15, 0.2) is 0 Å². The zero-order valence-electron chi connectivity index (χ0n) is 16.8. The van der Waals surface area contributed by atoms with Crippen LogP contribution in [-0.2, 0) is 11.3 Å². The molecule has 2 heterocycles. The lowest BCUT2D eigenvalue weighted by molar-refractivity contribution is -0.121. The Bertz CT molecular complexity index is 931. The molecule has 0 unspecified atom stereocenters. The minimum absolute atomic E-state index is 0.0288. The quantitative estimate of drug-likeness (QED) is 0.578. The molecule has 6 nitrogen and oxygen atoms in total. The van der Waals surface area contributed by atoms with Gasteiger partial charge >= 0.3 is 0 Å². The van der Waals surface area contributed by atoms with E-state index < -0.39 is 0 Å². The Balaban J connectivity index is 1.32. The van der Waals surface area contributed by atoms with Gasteiger partial charge in [-0.15, -0.1) is 0 Å². The summed E-state index contributed by atoms with van der Waals surface area (Å²) >= 11 is 0. The molecule has 0 radical (unpaired) electrons. The van der Waals surface area contributed by atoms with Gasteiger partial charge in [-0.05, 0) is 31.4 Å². The van der Waals surface area contributed by atoms with Crippen LogP contribution in [-0.4, -0.2) is 40.1 Å². The molecule has 1 aliphatic rings. The number of hydrogen-bond donors (Lipinski definition) is 2. The smallest absolute Gasteiger partial charge is 0.239 e. The number of rotatable bonds is 8. The van der Waals surface area contributed by atoms with Gasteiger partial charge in [0.1, 0.15) is 12.9 Å². The van der Waals surface area contributed by atoms with E-state index in [9.17, 15) is 4.79 Å². The Labute approximate surface area is 171 Å². The van der Waals surface area contributed by atoms with Crippen molar-refractivity contribution < 1.29 is 4.79 Å². The maximum Gasteiger partial charge on any atom is 0.239 e. The first-order chi connectivity index (χ1) is 14.3.